The van der Waals surface area contributed by atoms with Crippen LogP contribution < -0.4 is 5.32 Å². The van der Waals surface area contributed by atoms with Crippen molar-refractivity contribution in [3.8, 4) is 0 Å². The molecule has 150 valence electrons. The Morgan fingerprint density at radius 3 is 2.67 bits per heavy atom. The third-order valence-electron chi connectivity index (χ3n) is 5.37. The number of rotatable bonds is 4. The van der Waals surface area contributed by atoms with E-state index in [2.05, 4.69) is 10.3 Å². The highest BCUT2D eigenvalue weighted by molar-refractivity contribution is 7.12. The van der Waals surface area contributed by atoms with Crippen LogP contribution in [0.25, 0.3) is 11.0 Å². The summed E-state index contributed by atoms with van der Waals surface area (Å²) < 4.78 is 0. The molecule has 6 nitrogen and oxygen atoms in total. The summed E-state index contributed by atoms with van der Waals surface area (Å²) in [5.74, 6) is 0.671. The van der Waals surface area contributed by atoms with E-state index in [0.29, 0.717) is 22.7 Å². The number of thiophene rings is 1. The fraction of sp³-hybridized carbons (Fsp3) is 0.174. The van der Waals surface area contributed by atoms with Gasteiger partial charge in [0, 0.05) is 17.8 Å². The number of para-hydroxylation sites is 2. The number of hydrogen-bond donors (Lipinski definition) is 2. The largest absolute Gasteiger partial charge is 0.340 e. The summed E-state index contributed by atoms with van der Waals surface area (Å²) >= 11 is 1.39. The molecule has 30 heavy (non-hydrogen) atoms. The topological polar surface area (TPSA) is 78.1 Å². The van der Waals surface area contributed by atoms with Crippen LogP contribution in [0.1, 0.15) is 44.7 Å². The van der Waals surface area contributed by atoms with E-state index in [4.69, 9.17) is 4.98 Å². The minimum Gasteiger partial charge on any atom is -0.340 e. The first-order chi connectivity index (χ1) is 14.7. The third-order valence-corrected chi connectivity index (χ3v) is 6.24. The number of amides is 2. The van der Waals surface area contributed by atoms with Crippen molar-refractivity contribution in [3.63, 3.8) is 0 Å². The van der Waals surface area contributed by atoms with Crippen molar-refractivity contribution in [3.05, 3.63) is 82.3 Å². The SMILES string of the molecule is O=C(Nc1ccc(C(=O)N2CCC[C@@H]2c2nc3ccccc3[nH]2)cc1)c1cccs1. The van der Waals surface area contributed by atoms with Gasteiger partial charge < -0.3 is 15.2 Å². The van der Waals surface area contributed by atoms with Crippen LogP contribution in [0, 0.1) is 0 Å². The second-order valence-electron chi connectivity index (χ2n) is 7.30. The van der Waals surface area contributed by atoms with Gasteiger partial charge in [-0.2, -0.15) is 0 Å². The molecule has 0 unspecified atom stereocenters. The number of carbonyl (C=O) groups is 2. The first kappa shape index (κ1) is 18.6. The van der Waals surface area contributed by atoms with Crippen molar-refractivity contribution in [1.29, 1.82) is 0 Å². The molecule has 1 fully saturated rings. The Labute approximate surface area is 177 Å². The molecule has 1 atom stereocenters. The predicted octanol–water partition coefficient (Wildman–Crippen LogP) is 4.85. The Balaban J connectivity index is 1.32. The number of benzene rings is 2. The number of anilines is 1. The van der Waals surface area contributed by atoms with Gasteiger partial charge in [0.2, 0.25) is 0 Å². The minimum absolute atomic E-state index is 0.0194. The van der Waals surface area contributed by atoms with Crippen molar-refractivity contribution in [2.75, 3.05) is 11.9 Å². The zero-order valence-corrected chi connectivity index (χ0v) is 17.0. The molecule has 7 heteroatoms. The second kappa shape index (κ2) is 7.76. The van der Waals surface area contributed by atoms with Crippen LogP contribution in [0.4, 0.5) is 5.69 Å². The van der Waals surface area contributed by atoms with E-state index < -0.39 is 0 Å². The molecule has 1 aliphatic heterocycles. The molecule has 2 amide bonds. The summed E-state index contributed by atoms with van der Waals surface area (Å²) in [5.41, 5.74) is 3.17. The average molecular weight is 417 g/mol. The van der Waals surface area contributed by atoms with Crippen molar-refractivity contribution in [1.82, 2.24) is 14.9 Å². The third kappa shape index (κ3) is 3.48. The molecule has 0 aliphatic carbocycles. The maximum Gasteiger partial charge on any atom is 0.265 e. The fourth-order valence-electron chi connectivity index (χ4n) is 3.89. The molecule has 2 aromatic carbocycles. The Hall–Kier alpha value is -3.45. The number of carbonyl (C=O) groups excluding carboxylic acids is 2. The molecule has 1 aliphatic rings. The number of nitrogens with zero attached hydrogens (tertiary/aromatic N) is 2. The molecular formula is C23H20N4O2S. The first-order valence-electron chi connectivity index (χ1n) is 9.89. The lowest BCUT2D eigenvalue weighted by Gasteiger charge is -2.23. The quantitative estimate of drug-likeness (QED) is 0.499. The number of nitrogens with one attached hydrogen (secondary N) is 2. The highest BCUT2D eigenvalue weighted by atomic mass is 32.1. The van der Waals surface area contributed by atoms with E-state index in [1.165, 1.54) is 11.3 Å². The van der Waals surface area contributed by atoms with E-state index in [1.807, 2.05) is 40.6 Å². The molecule has 0 bridgehead atoms. The van der Waals surface area contributed by atoms with Crippen LogP contribution in [0.5, 0.6) is 0 Å². The van der Waals surface area contributed by atoms with Crippen LogP contribution in [-0.4, -0.2) is 33.2 Å². The van der Waals surface area contributed by atoms with Gasteiger partial charge in [-0.05, 0) is 60.7 Å². The lowest BCUT2D eigenvalue weighted by Crippen LogP contribution is -2.31. The number of imidazole rings is 1. The Morgan fingerprint density at radius 2 is 1.90 bits per heavy atom. The zero-order chi connectivity index (χ0) is 20.5. The van der Waals surface area contributed by atoms with Crippen LogP contribution in [0.3, 0.4) is 0 Å². The summed E-state index contributed by atoms with van der Waals surface area (Å²) in [4.78, 5) is 36.0. The molecule has 0 radical (unpaired) electrons. The number of aromatic amines is 1. The first-order valence-corrected chi connectivity index (χ1v) is 10.8. The average Bonchev–Trinajstić information content (AvgIpc) is 3.53. The van der Waals surface area contributed by atoms with Crippen molar-refractivity contribution < 1.29 is 9.59 Å². The van der Waals surface area contributed by atoms with E-state index in [-0.39, 0.29) is 17.9 Å². The number of H-pyrrole nitrogens is 1. The number of fused-ring (bicyclic) bond motifs is 1. The molecule has 0 spiro atoms. The number of hydrogen-bond acceptors (Lipinski definition) is 4. The van der Waals surface area contributed by atoms with E-state index in [1.54, 1.807) is 30.3 Å². The van der Waals surface area contributed by atoms with E-state index in [0.717, 1.165) is 29.7 Å². The van der Waals surface area contributed by atoms with Crippen molar-refractivity contribution in [2.45, 2.75) is 18.9 Å². The van der Waals surface area contributed by atoms with Gasteiger partial charge in [0.25, 0.3) is 11.8 Å². The number of likely N-dealkylation sites (tertiary alicyclic amines) is 1. The molecule has 4 aromatic rings. The summed E-state index contributed by atoms with van der Waals surface area (Å²) in [6.07, 6.45) is 1.84. The summed E-state index contributed by atoms with van der Waals surface area (Å²) in [6.45, 7) is 0.706. The Morgan fingerprint density at radius 1 is 1.07 bits per heavy atom. The van der Waals surface area contributed by atoms with Gasteiger partial charge in [-0.25, -0.2) is 4.98 Å². The molecule has 1 saturated heterocycles. The van der Waals surface area contributed by atoms with E-state index in [9.17, 15) is 9.59 Å². The highest BCUT2D eigenvalue weighted by Gasteiger charge is 2.32. The lowest BCUT2D eigenvalue weighted by atomic mass is 10.1. The number of aromatic nitrogens is 2. The molecule has 2 aromatic heterocycles. The van der Waals surface area contributed by atoms with Crippen LogP contribution in [0.15, 0.2) is 66.0 Å². The van der Waals surface area contributed by atoms with Gasteiger partial charge in [0.15, 0.2) is 0 Å². The second-order valence-corrected chi connectivity index (χ2v) is 8.25. The highest BCUT2D eigenvalue weighted by Crippen LogP contribution is 2.32. The Bertz CT molecular complexity index is 1160. The van der Waals surface area contributed by atoms with Gasteiger partial charge >= 0.3 is 0 Å². The van der Waals surface area contributed by atoms with Gasteiger partial charge in [-0.15, -0.1) is 11.3 Å². The van der Waals surface area contributed by atoms with Crippen LogP contribution in [-0.2, 0) is 0 Å². The van der Waals surface area contributed by atoms with Crippen LogP contribution in [0.2, 0.25) is 0 Å². The monoisotopic (exact) mass is 416 g/mol. The van der Waals surface area contributed by atoms with Crippen LogP contribution >= 0.6 is 11.3 Å². The standard InChI is InChI=1S/C23H20N4O2S/c28-22(20-8-4-14-30-20)24-16-11-9-15(10-12-16)23(29)27-13-3-7-19(27)21-25-17-5-1-2-6-18(17)26-21/h1-2,4-6,8-12,14,19H,3,7,13H2,(H,24,28)(H,25,26)/t19-/m1/s1. The van der Waals surface area contributed by atoms with Gasteiger partial charge in [0.05, 0.1) is 22.0 Å². The maximum atomic E-state index is 13.2. The summed E-state index contributed by atoms with van der Waals surface area (Å²) in [7, 11) is 0. The molecule has 3 heterocycles. The Kier molecular flexibility index (Phi) is 4.80. The lowest BCUT2D eigenvalue weighted by molar-refractivity contribution is 0.0730. The fourth-order valence-corrected chi connectivity index (χ4v) is 4.51. The normalized spacial score (nSPS) is 16.1. The predicted molar refractivity (Wildman–Crippen MR) is 118 cm³/mol. The molecule has 0 saturated carbocycles. The maximum absolute atomic E-state index is 13.2. The van der Waals surface area contributed by atoms with Gasteiger partial charge in [-0.3, -0.25) is 9.59 Å². The van der Waals surface area contributed by atoms with Crippen molar-refractivity contribution in [2.24, 2.45) is 0 Å². The minimum atomic E-state index is -0.145. The molecular weight excluding hydrogens is 396 g/mol. The van der Waals surface area contributed by atoms with Gasteiger partial charge in [-0.1, -0.05) is 18.2 Å². The van der Waals surface area contributed by atoms with Gasteiger partial charge in [0.1, 0.15) is 5.82 Å². The summed E-state index contributed by atoms with van der Waals surface area (Å²) in [6, 6.07) is 18.5. The molecule has 2 N–H and O–H groups in total. The smallest absolute Gasteiger partial charge is 0.265 e. The summed E-state index contributed by atoms with van der Waals surface area (Å²) in [5, 5.41) is 4.73. The molecule has 5 rings (SSSR count). The zero-order valence-electron chi connectivity index (χ0n) is 16.2. The van der Waals surface area contributed by atoms with Crippen molar-refractivity contribution >= 4 is 39.9 Å². The van der Waals surface area contributed by atoms with E-state index >= 15 is 0 Å².